The second kappa shape index (κ2) is 5.71. The van der Waals surface area contributed by atoms with Gasteiger partial charge in [0.2, 0.25) is 0 Å². The van der Waals surface area contributed by atoms with Gasteiger partial charge in [-0.2, -0.15) is 5.26 Å². The first kappa shape index (κ1) is 12.8. The van der Waals surface area contributed by atoms with E-state index < -0.39 is 5.97 Å². The molecule has 0 atom stereocenters. The van der Waals surface area contributed by atoms with Crippen LogP contribution in [-0.4, -0.2) is 24.7 Å². The molecule has 0 amide bonds. The number of carboxylic acid groups (broad SMARTS) is 1. The number of anilines is 1. The number of carbonyl (C=O) groups is 1. The molecule has 1 aromatic carbocycles. The van der Waals surface area contributed by atoms with Crippen LogP contribution >= 0.6 is 0 Å². The SMILES string of the molecule is CC(=CC(=O)O)CN(C)c1ccc(C#N)cc1. The lowest BCUT2D eigenvalue weighted by molar-refractivity contribution is -0.131. The van der Waals surface area contributed by atoms with Crippen LogP contribution in [0.4, 0.5) is 5.69 Å². The normalized spacial score (nSPS) is 10.8. The number of hydrogen-bond acceptors (Lipinski definition) is 3. The summed E-state index contributed by atoms with van der Waals surface area (Å²) in [5, 5.41) is 17.3. The van der Waals surface area contributed by atoms with E-state index in [4.69, 9.17) is 10.4 Å². The third-order valence-electron chi connectivity index (χ3n) is 2.29. The summed E-state index contributed by atoms with van der Waals surface area (Å²) in [5.41, 5.74) is 2.33. The summed E-state index contributed by atoms with van der Waals surface area (Å²) >= 11 is 0. The summed E-state index contributed by atoms with van der Waals surface area (Å²) in [4.78, 5) is 12.4. The molecule has 88 valence electrons. The van der Waals surface area contributed by atoms with Crippen molar-refractivity contribution in [3.63, 3.8) is 0 Å². The number of carboxylic acids is 1. The minimum atomic E-state index is -0.935. The van der Waals surface area contributed by atoms with Crippen LogP contribution in [-0.2, 0) is 4.79 Å². The van der Waals surface area contributed by atoms with Gasteiger partial charge >= 0.3 is 5.97 Å². The molecule has 0 saturated carbocycles. The van der Waals surface area contributed by atoms with Gasteiger partial charge in [-0.15, -0.1) is 0 Å². The Morgan fingerprint density at radius 3 is 2.53 bits per heavy atom. The maximum atomic E-state index is 10.5. The fourth-order valence-electron chi connectivity index (χ4n) is 1.51. The number of hydrogen-bond donors (Lipinski definition) is 1. The van der Waals surface area contributed by atoms with E-state index in [1.54, 1.807) is 19.1 Å². The van der Waals surface area contributed by atoms with Crippen molar-refractivity contribution in [3.8, 4) is 6.07 Å². The molecule has 4 heteroatoms. The van der Waals surface area contributed by atoms with Crippen molar-refractivity contribution in [3.05, 3.63) is 41.5 Å². The second-order valence-corrected chi connectivity index (χ2v) is 3.84. The molecule has 4 nitrogen and oxygen atoms in total. The van der Waals surface area contributed by atoms with Crippen LogP contribution in [0.15, 0.2) is 35.9 Å². The van der Waals surface area contributed by atoms with E-state index in [1.807, 2.05) is 24.1 Å². The van der Waals surface area contributed by atoms with Crippen LogP contribution in [0, 0.1) is 11.3 Å². The van der Waals surface area contributed by atoms with Crippen molar-refractivity contribution >= 4 is 11.7 Å². The van der Waals surface area contributed by atoms with Crippen LogP contribution in [0.2, 0.25) is 0 Å². The van der Waals surface area contributed by atoms with E-state index in [9.17, 15) is 4.79 Å². The monoisotopic (exact) mass is 230 g/mol. The highest BCUT2D eigenvalue weighted by molar-refractivity contribution is 5.80. The molecule has 0 heterocycles. The van der Waals surface area contributed by atoms with E-state index in [0.717, 1.165) is 11.3 Å². The molecule has 0 unspecified atom stereocenters. The van der Waals surface area contributed by atoms with Crippen LogP contribution in [0.3, 0.4) is 0 Å². The largest absolute Gasteiger partial charge is 0.478 e. The zero-order chi connectivity index (χ0) is 12.8. The first-order valence-corrected chi connectivity index (χ1v) is 5.14. The molecule has 0 aliphatic rings. The van der Waals surface area contributed by atoms with Crippen molar-refractivity contribution in [2.75, 3.05) is 18.5 Å². The average molecular weight is 230 g/mol. The lowest BCUT2D eigenvalue weighted by atomic mass is 10.2. The van der Waals surface area contributed by atoms with Gasteiger partial charge in [-0.05, 0) is 36.8 Å². The van der Waals surface area contributed by atoms with Crippen LogP contribution < -0.4 is 4.90 Å². The highest BCUT2D eigenvalue weighted by atomic mass is 16.4. The van der Waals surface area contributed by atoms with Gasteiger partial charge < -0.3 is 10.0 Å². The Labute approximate surface area is 100 Å². The topological polar surface area (TPSA) is 64.3 Å². The first-order chi connectivity index (χ1) is 8.02. The number of rotatable bonds is 4. The van der Waals surface area contributed by atoms with E-state index in [0.29, 0.717) is 12.1 Å². The zero-order valence-corrected chi connectivity index (χ0v) is 9.84. The van der Waals surface area contributed by atoms with E-state index in [1.165, 1.54) is 6.08 Å². The number of nitrogens with zero attached hydrogens (tertiary/aromatic N) is 2. The molecular formula is C13H14N2O2. The predicted octanol–water partition coefficient (Wildman–Crippen LogP) is 2.03. The van der Waals surface area contributed by atoms with E-state index in [2.05, 4.69) is 6.07 Å². The summed E-state index contributed by atoms with van der Waals surface area (Å²) in [5.74, 6) is -0.935. The summed E-state index contributed by atoms with van der Waals surface area (Å²) in [6, 6.07) is 9.21. The van der Waals surface area contributed by atoms with Crippen molar-refractivity contribution in [2.45, 2.75) is 6.92 Å². The molecule has 0 aliphatic heterocycles. The lowest BCUT2D eigenvalue weighted by Gasteiger charge is -2.19. The Balaban J connectivity index is 2.73. The fraction of sp³-hybridized carbons (Fsp3) is 0.231. The van der Waals surface area contributed by atoms with Gasteiger partial charge in [0.05, 0.1) is 11.6 Å². The number of benzene rings is 1. The van der Waals surface area contributed by atoms with Crippen molar-refractivity contribution in [2.24, 2.45) is 0 Å². The molecule has 0 aliphatic carbocycles. The number of aliphatic carboxylic acids is 1. The average Bonchev–Trinajstić information content (AvgIpc) is 2.28. The van der Waals surface area contributed by atoms with E-state index >= 15 is 0 Å². The summed E-state index contributed by atoms with van der Waals surface area (Å²) < 4.78 is 0. The Morgan fingerprint density at radius 2 is 2.06 bits per heavy atom. The third-order valence-corrected chi connectivity index (χ3v) is 2.29. The van der Waals surface area contributed by atoms with Crippen LogP contribution in [0.1, 0.15) is 12.5 Å². The molecule has 0 radical (unpaired) electrons. The zero-order valence-electron chi connectivity index (χ0n) is 9.84. The highest BCUT2D eigenvalue weighted by Gasteiger charge is 2.02. The first-order valence-electron chi connectivity index (χ1n) is 5.14. The van der Waals surface area contributed by atoms with Gasteiger partial charge in [-0.1, -0.05) is 0 Å². The number of likely N-dealkylation sites (N-methyl/N-ethyl adjacent to an activating group) is 1. The molecule has 0 spiro atoms. The van der Waals surface area contributed by atoms with Crippen molar-refractivity contribution < 1.29 is 9.90 Å². The Morgan fingerprint density at radius 1 is 1.47 bits per heavy atom. The van der Waals surface area contributed by atoms with Gasteiger partial charge in [0, 0.05) is 25.4 Å². The summed E-state index contributed by atoms with van der Waals surface area (Å²) in [6.45, 7) is 2.31. The minimum absolute atomic E-state index is 0.540. The standard InChI is InChI=1S/C13H14N2O2/c1-10(7-13(16)17)9-15(2)12-5-3-11(8-14)4-6-12/h3-7H,9H2,1-2H3,(H,16,17). The molecular weight excluding hydrogens is 216 g/mol. The predicted molar refractivity (Wildman–Crippen MR) is 65.8 cm³/mol. The van der Waals surface area contributed by atoms with Gasteiger partial charge in [-0.3, -0.25) is 0 Å². The molecule has 1 rings (SSSR count). The van der Waals surface area contributed by atoms with Gasteiger partial charge in [0.1, 0.15) is 0 Å². The Kier molecular flexibility index (Phi) is 4.29. The van der Waals surface area contributed by atoms with Gasteiger partial charge in [0.25, 0.3) is 0 Å². The third kappa shape index (κ3) is 3.99. The van der Waals surface area contributed by atoms with Gasteiger partial charge in [0.15, 0.2) is 0 Å². The van der Waals surface area contributed by atoms with Crippen molar-refractivity contribution in [1.29, 1.82) is 5.26 Å². The molecule has 0 bridgehead atoms. The highest BCUT2D eigenvalue weighted by Crippen LogP contribution is 2.14. The fourth-order valence-corrected chi connectivity index (χ4v) is 1.51. The molecule has 0 fully saturated rings. The minimum Gasteiger partial charge on any atom is -0.478 e. The van der Waals surface area contributed by atoms with E-state index in [-0.39, 0.29) is 0 Å². The summed E-state index contributed by atoms with van der Waals surface area (Å²) in [7, 11) is 1.88. The van der Waals surface area contributed by atoms with Gasteiger partial charge in [-0.25, -0.2) is 4.79 Å². The van der Waals surface area contributed by atoms with Crippen LogP contribution in [0.25, 0.3) is 0 Å². The second-order valence-electron chi connectivity index (χ2n) is 3.84. The Bertz CT molecular complexity index is 469. The lowest BCUT2D eigenvalue weighted by Crippen LogP contribution is -2.19. The maximum absolute atomic E-state index is 10.5. The van der Waals surface area contributed by atoms with Crippen LogP contribution in [0.5, 0.6) is 0 Å². The van der Waals surface area contributed by atoms with Crippen molar-refractivity contribution in [1.82, 2.24) is 0 Å². The molecule has 0 aromatic heterocycles. The smallest absolute Gasteiger partial charge is 0.328 e. The quantitative estimate of drug-likeness (QED) is 0.804. The number of nitriles is 1. The summed E-state index contributed by atoms with van der Waals surface area (Å²) in [6.07, 6.45) is 1.19. The molecule has 0 saturated heterocycles. The Hall–Kier alpha value is -2.28. The maximum Gasteiger partial charge on any atom is 0.328 e. The molecule has 17 heavy (non-hydrogen) atoms. The molecule has 1 N–H and O–H groups in total. The molecule has 1 aromatic rings.